The van der Waals surface area contributed by atoms with Crippen LogP contribution in [0, 0.1) is 0 Å². The Labute approximate surface area is 149 Å². The van der Waals surface area contributed by atoms with Gasteiger partial charge in [0, 0.05) is 11.9 Å². The molecule has 0 saturated heterocycles. The molecule has 126 valence electrons. The van der Waals surface area contributed by atoms with Crippen LogP contribution in [0.1, 0.15) is 0 Å². The van der Waals surface area contributed by atoms with Crippen molar-refractivity contribution in [1.29, 1.82) is 0 Å². The molecular formula is C19H17N3O2S. The second-order valence-corrected chi connectivity index (χ2v) is 6.35. The lowest BCUT2D eigenvalue weighted by Gasteiger charge is -2.07. The van der Waals surface area contributed by atoms with Crippen molar-refractivity contribution in [2.24, 2.45) is 0 Å². The van der Waals surface area contributed by atoms with Gasteiger partial charge >= 0.3 is 0 Å². The maximum Gasteiger partial charge on any atom is 0.235 e. The molecule has 0 unspecified atom stereocenters. The van der Waals surface area contributed by atoms with Crippen LogP contribution in [0.25, 0.3) is 10.8 Å². The predicted octanol–water partition coefficient (Wildman–Crippen LogP) is 3.55. The Bertz CT molecular complexity index is 884. The number of carbonyl (C=O) groups excluding carboxylic acids is 2. The first-order chi connectivity index (χ1) is 12.2. The summed E-state index contributed by atoms with van der Waals surface area (Å²) in [5.41, 5.74) is 0.752. The van der Waals surface area contributed by atoms with Crippen molar-refractivity contribution in [3.63, 3.8) is 0 Å². The summed E-state index contributed by atoms with van der Waals surface area (Å²) in [6, 6.07) is 19.0. The highest BCUT2D eigenvalue weighted by Gasteiger charge is 2.07. The largest absolute Gasteiger partial charge is 0.325 e. The molecule has 2 aromatic carbocycles. The number of anilines is 2. The number of nitrogens with zero attached hydrogens (tertiary/aromatic N) is 1. The number of pyridine rings is 1. The van der Waals surface area contributed by atoms with Crippen LogP contribution in [0.2, 0.25) is 0 Å². The molecule has 0 saturated carbocycles. The van der Waals surface area contributed by atoms with Crippen molar-refractivity contribution in [1.82, 2.24) is 4.98 Å². The minimum absolute atomic E-state index is 0.133. The summed E-state index contributed by atoms with van der Waals surface area (Å²) >= 11 is 1.26. The van der Waals surface area contributed by atoms with Crippen LogP contribution in [-0.4, -0.2) is 28.3 Å². The van der Waals surface area contributed by atoms with Crippen molar-refractivity contribution in [2.75, 3.05) is 22.1 Å². The number of rotatable bonds is 6. The van der Waals surface area contributed by atoms with Crippen LogP contribution in [0.15, 0.2) is 66.9 Å². The maximum absolute atomic E-state index is 12.0. The molecule has 3 rings (SSSR count). The lowest BCUT2D eigenvalue weighted by Crippen LogP contribution is -2.18. The van der Waals surface area contributed by atoms with Gasteiger partial charge in [0.25, 0.3) is 0 Å². The average molecular weight is 351 g/mol. The smallest absolute Gasteiger partial charge is 0.235 e. The fourth-order valence-electron chi connectivity index (χ4n) is 2.32. The number of hydrogen-bond donors (Lipinski definition) is 2. The van der Waals surface area contributed by atoms with Gasteiger partial charge in [0.05, 0.1) is 11.5 Å². The molecule has 2 N–H and O–H groups in total. The summed E-state index contributed by atoms with van der Waals surface area (Å²) in [5, 5.41) is 7.73. The number of benzene rings is 2. The first kappa shape index (κ1) is 17.0. The first-order valence-corrected chi connectivity index (χ1v) is 8.93. The Balaban J connectivity index is 1.45. The molecule has 0 fully saturated rings. The summed E-state index contributed by atoms with van der Waals surface area (Å²) in [4.78, 5) is 27.8. The average Bonchev–Trinajstić information content (AvgIpc) is 2.62. The molecule has 6 heteroatoms. The van der Waals surface area contributed by atoms with Crippen LogP contribution >= 0.6 is 11.8 Å². The van der Waals surface area contributed by atoms with E-state index in [1.54, 1.807) is 24.4 Å². The van der Waals surface area contributed by atoms with Crippen molar-refractivity contribution < 1.29 is 9.59 Å². The monoisotopic (exact) mass is 351 g/mol. The van der Waals surface area contributed by atoms with Gasteiger partial charge in [-0.1, -0.05) is 36.4 Å². The molecule has 0 radical (unpaired) electrons. The third-order valence-electron chi connectivity index (χ3n) is 3.43. The Morgan fingerprint density at radius 2 is 1.56 bits per heavy atom. The normalized spacial score (nSPS) is 10.4. The summed E-state index contributed by atoms with van der Waals surface area (Å²) in [6.45, 7) is 0. The van der Waals surface area contributed by atoms with Gasteiger partial charge in [-0.3, -0.25) is 9.59 Å². The van der Waals surface area contributed by atoms with E-state index in [0.29, 0.717) is 5.82 Å². The number of thioether (sulfide) groups is 1. The highest BCUT2D eigenvalue weighted by Crippen LogP contribution is 2.19. The maximum atomic E-state index is 12.0. The lowest BCUT2D eigenvalue weighted by molar-refractivity contribution is -0.114. The molecule has 5 nitrogen and oxygen atoms in total. The van der Waals surface area contributed by atoms with E-state index in [-0.39, 0.29) is 23.3 Å². The molecule has 2 amide bonds. The van der Waals surface area contributed by atoms with E-state index in [0.717, 1.165) is 16.5 Å². The zero-order chi connectivity index (χ0) is 17.5. The molecule has 0 aliphatic heterocycles. The van der Waals surface area contributed by atoms with Gasteiger partial charge in [-0.05, 0) is 35.0 Å². The van der Waals surface area contributed by atoms with Gasteiger partial charge < -0.3 is 10.6 Å². The van der Waals surface area contributed by atoms with E-state index >= 15 is 0 Å². The third-order valence-corrected chi connectivity index (χ3v) is 4.36. The summed E-state index contributed by atoms with van der Waals surface area (Å²) in [7, 11) is 0. The second kappa shape index (κ2) is 8.30. The zero-order valence-corrected chi connectivity index (χ0v) is 14.3. The molecule has 0 aliphatic rings. The molecule has 0 atom stereocenters. The highest BCUT2D eigenvalue weighted by atomic mass is 32.2. The Hall–Kier alpha value is -2.86. The molecule has 25 heavy (non-hydrogen) atoms. The Morgan fingerprint density at radius 1 is 0.840 bits per heavy atom. The summed E-state index contributed by atoms with van der Waals surface area (Å²) in [6.07, 6.45) is 1.61. The van der Waals surface area contributed by atoms with Crippen LogP contribution in [-0.2, 0) is 9.59 Å². The fraction of sp³-hybridized carbons (Fsp3) is 0.105. The van der Waals surface area contributed by atoms with E-state index in [2.05, 4.69) is 15.6 Å². The van der Waals surface area contributed by atoms with E-state index in [1.807, 2.05) is 42.5 Å². The minimum atomic E-state index is -0.179. The Kier molecular flexibility index (Phi) is 5.64. The van der Waals surface area contributed by atoms with E-state index in [9.17, 15) is 9.59 Å². The molecule has 1 aromatic heterocycles. The predicted molar refractivity (Wildman–Crippen MR) is 103 cm³/mol. The van der Waals surface area contributed by atoms with E-state index in [4.69, 9.17) is 0 Å². The second-order valence-electron chi connectivity index (χ2n) is 5.37. The van der Waals surface area contributed by atoms with Crippen LogP contribution in [0.3, 0.4) is 0 Å². The molecule has 0 aliphatic carbocycles. The molecule has 3 aromatic rings. The fourth-order valence-corrected chi connectivity index (χ4v) is 2.93. The van der Waals surface area contributed by atoms with Gasteiger partial charge in [0.2, 0.25) is 11.8 Å². The molecule has 1 heterocycles. The Morgan fingerprint density at radius 3 is 2.32 bits per heavy atom. The van der Waals surface area contributed by atoms with Crippen molar-refractivity contribution in [3.05, 3.63) is 66.9 Å². The summed E-state index contributed by atoms with van der Waals surface area (Å²) in [5.74, 6) is 0.603. The lowest BCUT2D eigenvalue weighted by atomic mass is 10.1. The number of nitrogens with one attached hydrogen (secondary N) is 2. The number of carbonyl (C=O) groups is 2. The van der Waals surface area contributed by atoms with Crippen molar-refractivity contribution in [2.45, 2.75) is 0 Å². The van der Waals surface area contributed by atoms with Gasteiger partial charge in [-0.25, -0.2) is 4.98 Å². The third kappa shape index (κ3) is 5.06. The molecule has 0 bridgehead atoms. The van der Waals surface area contributed by atoms with Gasteiger partial charge in [0.15, 0.2) is 0 Å². The zero-order valence-electron chi connectivity index (χ0n) is 13.4. The first-order valence-electron chi connectivity index (χ1n) is 7.78. The van der Waals surface area contributed by atoms with Crippen molar-refractivity contribution in [3.8, 4) is 0 Å². The molecular weight excluding hydrogens is 334 g/mol. The SMILES string of the molecule is O=C(CSCC(=O)Nc1ccccn1)Nc1ccc2ccccc2c1. The van der Waals surface area contributed by atoms with Crippen LogP contribution in [0.5, 0.6) is 0 Å². The standard InChI is InChI=1S/C19H17N3O2S/c23-18(12-25-13-19(24)22-17-7-3-4-10-20-17)21-16-9-8-14-5-1-2-6-15(14)11-16/h1-11H,12-13H2,(H,21,23)(H,20,22,24). The van der Waals surface area contributed by atoms with Gasteiger partial charge in [0.1, 0.15) is 5.82 Å². The van der Waals surface area contributed by atoms with E-state index < -0.39 is 0 Å². The quantitative estimate of drug-likeness (QED) is 0.712. The molecule has 0 spiro atoms. The number of aromatic nitrogens is 1. The van der Waals surface area contributed by atoms with E-state index in [1.165, 1.54) is 11.8 Å². The van der Waals surface area contributed by atoms with Crippen LogP contribution in [0.4, 0.5) is 11.5 Å². The van der Waals surface area contributed by atoms with Crippen molar-refractivity contribution >= 4 is 45.9 Å². The highest BCUT2D eigenvalue weighted by molar-refractivity contribution is 8.00. The number of amides is 2. The van der Waals surface area contributed by atoms with Gasteiger partial charge in [-0.2, -0.15) is 0 Å². The van der Waals surface area contributed by atoms with Gasteiger partial charge in [-0.15, -0.1) is 11.8 Å². The summed E-state index contributed by atoms with van der Waals surface area (Å²) < 4.78 is 0. The number of fused-ring (bicyclic) bond motifs is 1. The topological polar surface area (TPSA) is 71.1 Å². The van der Waals surface area contributed by atoms with Crippen LogP contribution < -0.4 is 10.6 Å². The number of hydrogen-bond acceptors (Lipinski definition) is 4. The minimum Gasteiger partial charge on any atom is -0.325 e.